The maximum Gasteiger partial charge on any atom is 0.315 e. The number of carbonyl (C=O) groups is 1. The Morgan fingerprint density at radius 3 is 2.88 bits per heavy atom. The average molecular weight is 327 g/mol. The Labute approximate surface area is 142 Å². The Hall–Kier alpha value is -2.34. The van der Waals surface area contributed by atoms with Crippen molar-refractivity contribution in [2.24, 2.45) is 5.92 Å². The van der Waals surface area contributed by atoms with Gasteiger partial charge in [-0.15, -0.1) is 0 Å². The number of carbonyl (C=O) groups excluding carboxylic acids is 1. The van der Waals surface area contributed by atoms with Crippen molar-refractivity contribution in [3.8, 4) is 0 Å². The van der Waals surface area contributed by atoms with Crippen LogP contribution in [0.2, 0.25) is 0 Å². The van der Waals surface area contributed by atoms with Gasteiger partial charge >= 0.3 is 6.03 Å². The molecule has 3 rings (SSSR count). The van der Waals surface area contributed by atoms with Crippen LogP contribution in [0.3, 0.4) is 0 Å². The molecule has 0 saturated carbocycles. The summed E-state index contributed by atoms with van der Waals surface area (Å²) in [7, 11) is 0. The minimum Gasteiger partial charge on any atom is -0.336 e. The largest absolute Gasteiger partial charge is 0.336 e. The zero-order valence-electron chi connectivity index (χ0n) is 14.1. The van der Waals surface area contributed by atoms with Crippen LogP contribution in [0.5, 0.6) is 0 Å². The van der Waals surface area contributed by atoms with Gasteiger partial charge in [-0.05, 0) is 11.5 Å². The van der Waals surface area contributed by atoms with E-state index in [4.69, 9.17) is 0 Å². The summed E-state index contributed by atoms with van der Waals surface area (Å²) < 4.78 is 1.94. The van der Waals surface area contributed by atoms with Gasteiger partial charge in [0.1, 0.15) is 0 Å². The van der Waals surface area contributed by atoms with E-state index in [0.29, 0.717) is 12.5 Å². The SMILES string of the molecule is C[C@@H]1CN(Cc2ccccc2)C[C@H]1NC(=O)NCCn1ccnc1. The van der Waals surface area contributed by atoms with Gasteiger partial charge in [-0.1, -0.05) is 37.3 Å². The third kappa shape index (κ3) is 4.58. The minimum atomic E-state index is -0.0893. The Kier molecular flexibility index (Phi) is 5.48. The van der Waals surface area contributed by atoms with Crippen LogP contribution in [-0.2, 0) is 13.1 Å². The predicted octanol–water partition coefficient (Wildman–Crippen LogP) is 1.70. The fourth-order valence-electron chi connectivity index (χ4n) is 3.16. The number of hydrogen-bond acceptors (Lipinski definition) is 3. The van der Waals surface area contributed by atoms with E-state index in [1.807, 2.05) is 16.8 Å². The highest BCUT2D eigenvalue weighted by molar-refractivity contribution is 5.74. The fraction of sp³-hybridized carbons (Fsp3) is 0.444. The molecule has 0 bridgehead atoms. The van der Waals surface area contributed by atoms with Crippen LogP contribution < -0.4 is 10.6 Å². The molecule has 1 aliphatic heterocycles. The Bertz CT molecular complexity index is 628. The molecule has 2 aromatic rings. The Morgan fingerprint density at radius 2 is 2.12 bits per heavy atom. The Balaban J connectivity index is 1.41. The Morgan fingerprint density at radius 1 is 1.29 bits per heavy atom. The predicted molar refractivity (Wildman–Crippen MR) is 93.4 cm³/mol. The van der Waals surface area contributed by atoms with Crippen molar-refractivity contribution in [3.05, 3.63) is 54.6 Å². The van der Waals surface area contributed by atoms with Crippen molar-refractivity contribution >= 4 is 6.03 Å². The van der Waals surface area contributed by atoms with Gasteiger partial charge in [-0.25, -0.2) is 9.78 Å². The maximum atomic E-state index is 12.1. The molecule has 24 heavy (non-hydrogen) atoms. The molecule has 6 nitrogen and oxygen atoms in total. The lowest BCUT2D eigenvalue weighted by atomic mass is 10.1. The number of aromatic nitrogens is 2. The zero-order valence-corrected chi connectivity index (χ0v) is 14.1. The van der Waals surface area contributed by atoms with Gasteiger partial charge < -0.3 is 15.2 Å². The lowest BCUT2D eigenvalue weighted by Crippen LogP contribution is -2.46. The number of urea groups is 1. The molecule has 1 aromatic carbocycles. The molecule has 2 amide bonds. The van der Waals surface area contributed by atoms with Gasteiger partial charge in [0.05, 0.1) is 6.33 Å². The van der Waals surface area contributed by atoms with E-state index in [0.717, 1.165) is 26.2 Å². The number of imidazole rings is 1. The first kappa shape index (κ1) is 16.5. The van der Waals surface area contributed by atoms with E-state index in [2.05, 4.69) is 51.7 Å². The van der Waals surface area contributed by atoms with Gasteiger partial charge in [0.15, 0.2) is 0 Å². The molecular weight excluding hydrogens is 302 g/mol. The van der Waals surface area contributed by atoms with E-state index >= 15 is 0 Å². The lowest BCUT2D eigenvalue weighted by Gasteiger charge is -2.18. The summed E-state index contributed by atoms with van der Waals surface area (Å²) in [4.78, 5) is 18.5. The quantitative estimate of drug-likeness (QED) is 0.849. The zero-order chi connectivity index (χ0) is 16.8. The number of amides is 2. The van der Waals surface area contributed by atoms with Gasteiger partial charge in [0.2, 0.25) is 0 Å². The van der Waals surface area contributed by atoms with E-state index in [9.17, 15) is 4.79 Å². The summed E-state index contributed by atoms with van der Waals surface area (Å²) in [5, 5.41) is 6.02. The van der Waals surface area contributed by atoms with Gasteiger partial charge in [-0.2, -0.15) is 0 Å². The van der Waals surface area contributed by atoms with Crippen LogP contribution in [-0.4, -0.2) is 46.2 Å². The van der Waals surface area contributed by atoms with Crippen LogP contribution >= 0.6 is 0 Å². The normalized spacial score (nSPS) is 20.9. The van der Waals surface area contributed by atoms with Crippen LogP contribution in [0.4, 0.5) is 4.79 Å². The highest BCUT2D eigenvalue weighted by atomic mass is 16.2. The summed E-state index contributed by atoms with van der Waals surface area (Å²) in [6.45, 7) is 6.36. The van der Waals surface area contributed by atoms with Gasteiger partial charge in [0, 0.05) is 51.2 Å². The number of nitrogens with zero attached hydrogens (tertiary/aromatic N) is 3. The average Bonchev–Trinajstić information content (AvgIpc) is 3.19. The summed E-state index contributed by atoms with van der Waals surface area (Å²) in [6.07, 6.45) is 5.38. The van der Waals surface area contributed by atoms with E-state index in [-0.39, 0.29) is 12.1 Å². The molecule has 1 saturated heterocycles. The monoisotopic (exact) mass is 327 g/mol. The van der Waals surface area contributed by atoms with Crippen LogP contribution in [0, 0.1) is 5.92 Å². The first-order valence-electron chi connectivity index (χ1n) is 8.47. The van der Waals surface area contributed by atoms with Gasteiger partial charge in [-0.3, -0.25) is 4.90 Å². The molecule has 1 aromatic heterocycles. The van der Waals surface area contributed by atoms with Crippen molar-refractivity contribution < 1.29 is 4.79 Å². The summed E-state index contributed by atoms with van der Waals surface area (Å²) in [6, 6.07) is 10.6. The minimum absolute atomic E-state index is 0.0893. The molecule has 2 atom stereocenters. The van der Waals surface area contributed by atoms with Crippen molar-refractivity contribution in [1.29, 1.82) is 0 Å². The lowest BCUT2D eigenvalue weighted by molar-refractivity contribution is 0.234. The fourth-order valence-corrected chi connectivity index (χ4v) is 3.16. The molecule has 0 spiro atoms. The molecule has 2 N–H and O–H groups in total. The first-order valence-corrected chi connectivity index (χ1v) is 8.47. The number of likely N-dealkylation sites (tertiary alicyclic amines) is 1. The van der Waals surface area contributed by atoms with Crippen LogP contribution in [0.1, 0.15) is 12.5 Å². The smallest absolute Gasteiger partial charge is 0.315 e. The first-order chi connectivity index (χ1) is 11.7. The van der Waals surface area contributed by atoms with Crippen molar-refractivity contribution in [3.63, 3.8) is 0 Å². The third-order valence-corrected chi connectivity index (χ3v) is 4.47. The van der Waals surface area contributed by atoms with Crippen LogP contribution in [0.25, 0.3) is 0 Å². The molecular formula is C18H25N5O. The molecule has 0 aliphatic carbocycles. The van der Waals surface area contributed by atoms with Crippen molar-refractivity contribution in [1.82, 2.24) is 25.1 Å². The third-order valence-electron chi connectivity index (χ3n) is 4.47. The topological polar surface area (TPSA) is 62.2 Å². The molecule has 1 aliphatic rings. The van der Waals surface area contributed by atoms with Crippen molar-refractivity contribution in [2.45, 2.75) is 26.1 Å². The summed E-state index contributed by atoms with van der Waals surface area (Å²) >= 11 is 0. The second-order valence-corrected chi connectivity index (χ2v) is 6.46. The summed E-state index contributed by atoms with van der Waals surface area (Å²) in [5.41, 5.74) is 1.31. The molecule has 0 radical (unpaired) electrons. The van der Waals surface area contributed by atoms with Crippen LogP contribution in [0.15, 0.2) is 49.1 Å². The standard InChI is InChI=1S/C18H25N5O/c1-15-11-23(12-16-5-3-2-4-6-16)13-17(15)21-18(24)20-8-10-22-9-7-19-14-22/h2-7,9,14-15,17H,8,10-13H2,1H3,(H2,20,21,24)/t15-,17-/m1/s1. The molecule has 128 valence electrons. The van der Waals surface area contributed by atoms with Gasteiger partial charge in [0.25, 0.3) is 0 Å². The molecule has 2 heterocycles. The van der Waals surface area contributed by atoms with Crippen molar-refractivity contribution in [2.75, 3.05) is 19.6 Å². The number of nitrogens with one attached hydrogen (secondary N) is 2. The second kappa shape index (κ2) is 7.97. The number of benzene rings is 1. The summed E-state index contributed by atoms with van der Waals surface area (Å²) in [5.74, 6) is 0.452. The number of hydrogen-bond donors (Lipinski definition) is 2. The van der Waals surface area contributed by atoms with E-state index < -0.39 is 0 Å². The second-order valence-electron chi connectivity index (χ2n) is 6.46. The number of rotatable bonds is 6. The maximum absolute atomic E-state index is 12.1. The van der Waals surface area contributed by atoms with E-state index in [1.165, 1.54) is 5.56 Å². The molecule has 1 fully saturated rings. The highest BCUT2D eigenvalue weighted by Crippen LogP contribution is 2.18. The highest BCUT2D eigenvalue weighted by Gasteiger charge is 2.30. The van der Waals surface area contributed by atoms with E-state index in [1.54, 1.807) is 12.5 Å². The molecule has 0 unspecified atom stereocenters. The molecule has 6 heteroatoms.